The second-order valence-electron chi connectivity index (χ2n) is 25.0. The molecule has 0 aliphatic heterocycles. The molecule has 0 saturated heterocycles. The van der Waals surface area contributed by atoms with E-state index in [1.165, 1.54) is 212 Å². The molecule has 0 spiro atoms. The molecule has 0 heterocycles. The molecule has 0 aliphatic carbocycles. The van der Waals surface area contributed by atoms with E-state index < -0.39 is 20.0 Å². The minimum Gasteiger partial charge on any atom is -0.456 e. The largest absolute Gasteiger partial charge is 0.472 e. The van der Waals surface area contributed by atoms with Crippen LogP contribution in [0.4, 0.5) is 0 Å². The lowest BCUT2D eigenvalue weighted by Crippen LogP contribution is -2.47. The predicted octanol–water partition coefficient (Wildman–Crippen LogP) is 22.3. The zero-order valence-corrected chi connectivity index (χ0v) is 56.3. The number of esters is 1. The molecule has 0 aliphatic rings. The highest BCUT2D eigenvalue weighted by Crippen LogP contribution is 2.43. The van der Waals surface area contributed by atoms with Gasteiger partial charge in [-0.05, 0) is 102 Å². The number of unbranched alkanes of at least 4 members (excludes halogenated alkanes) is 38. The molecule has 0 aromatic heterocycles. The van der Waals surface area contributed by atoms with Crippen molar-refractivity contribution in [3.05, 3.63) is 72.9 Å². The second-order valence-corrected chi connectivity index (χ2v) is 26.5. The molecule has 1 amide bonds. The molecular weight excluding hydrogens is 1050 g/mol. The molecule has 10 heteroatoms. The Morgan fingerprint density at radius 3 is 1.14 bits per heavy atom. The minimum atomic E-state index is -4.46. The fourth-order valence-corrected chi connectivity index (χ4v) is 10.9. The predicted molar refractivity (Wildman–Crippen MR) is 360 cm³/mol. The van der Waals surface area contributed by atoms with E-state index in [4.69, 9.17) is 13.8 Å². The third kappa shape index (κ3) is 63.8. The SMILES string of the molecule is CCCCC/C=C\C/C=C\C/C=C\C/C=C\CCCCCC(=O)NC(COP(=O)(O)OCC[N+](C)(C)C)C(/C=C\CCCCCCCCCCC)OC(=O)CCCCCCCCCCCCCCCCCCC/C=C/CCCCCCCC. The van der Waals surface area contributed by atoms with Gasteiger partial charge in [0.1, 0.15) is 19.3 Å². The number of nitrogens with zero attached hydrogens (tertiary/aromatic N) is 1. The number of hydrogen-bond acceptors (Lipinski definition) is 6. The van der Waals surface area contributed by atoms with E-state index in [9.17, 15) is 19.0 Å². The summed E-state index contributed by atoms with van der Waals surface area (Å²) in [5, 5.41) is 3.05. The van der Waals surface area contributed by atoms with E-state index in [2.05, 4.69) is 86.8 Å². The summed E-state index contributed by atoms with van der Waals surface area (Å²) >= 11 is 0. The number of hydrogen-bond donors (Lipinski definition) is 2. The van der Waals surface area contributed by atoms with E-state index >= 15 is 0 Å². The summed E-state index contributed by atoms with van der Waals surface area (Å²) in [4.78, 5) is 37.8. The molecule has 0 bridgehead atoms. The van der Waals surface area contributed by atoms with Gasteiger partial charge >= 0.3 is 13.8 Å². The molecule has 0 saturated carbocycles. The summed E-state index contributed by atoms with van der Waals surface area (Å²) in [5.74, 6) is -0.532. The number of nitrogens with one attached hydrogen (secondary N) is 1. The lowest BCUT2D eigenvalue weighted by atomic mass is 10.0. The monoisotopic (exact) mass is 1180 g/mol. The van der Waals surface area contributed by atoms with E-state index in [1.807, 2.05) is 33.3 Å². The number of likely N-dealkylation sites (N-methyl/N-ethyl adjacent to an activating group) is 1. The zero-order valence-electron chi connectivity index (χ0n) is 55.4. The molecule has 0 rings (SSSR count). The quantitative estimate of drug-likeness (QED) is 0.0205. The van der Waals surface area contributed by atoms with Crippen LogP contribution in [0.2, 0.25) is 0 Å². The maximum absolute atomic E-state index is 13.6. The summed E-state index contributed by atoms with van der Waals surface area (Å²) in [7, 11) is 1.48. The Morgan fingerprint density at radius 1 is 0.422 bits per heavy atom. The van der Waals surface area contributed by atoms with Crippen molar-refractivity contribution in [2.24, 2.45) is 0 Å². The van der Waals surface area contributed by atoms with Gasteiger partial charge in [-0.15, -0.1) is 0 Å². The Morgan fingerprint density at radius 2 is 0.735 bits per heavy atom. The van der Waals surface area contributed by atoms with Crippen LogP contribution in [-0.4, -0.2) is 74.3 Å². The van der Waals surface area contributed by atoms with Gasteiger partial charge in [0.2, 0.25) is 5.91 Å². The first kappa shape index (κ1) is 80.5. The number of carbonyl (C=O) groups is 2. The van der Waals surface area contributed by atoms with E-state index in [0.29, 0.717) is 23.9 Å². The highest BCUT2D eigenvalue weighted by Gasteiger charge is 2.30. The number of ether oxygens (including phenoxy) is 1. The molecular formula is C73H136N2O7P+. The number of carbonyl (C=O) groups excluding carboxylic acids is 2. The molecule has 3 atom stereocenters. The molecule has 0 aromatic rings. The normalized spacial score (nSPS) is 14.0. The number of phosphoric acid groups is 1. The number of rotatable bonds is 64. The molecule has 0 fully saturated rings. The molecule has 0 aromatic carbocycles. The smallest absolute Gasteiger partial charge is 0.456 e. The number of phosphoric ester groups is 1. The average molecular weight is 1180 g/mol. The van der Waals surface area contributed by atoms with Crippen LogP contribution in [0.1, 0.15) is 329 Å². The molecule has 2 N–H and O–H groups in total. The minimum absolute atomic E-state index is 0.0327. The Balaban J connectivity index is 5.03. The Labute approximate surface area is 514 Å². The maximum atomic E-state index is 13.6. The Kier molecular flexibility index (Phi) is 60.6. The van der Waals surface area contributed by atoms with Crippen LogP contribution in [0.3, 0.4) is 0 Å². The van der Waals surface area contributed by atoms with Crippen molar-refractivity contribution < 1.29 is 37.3 Å². The van der Waals surface area contributed by atoms with Crippen LogP contribution in [0, 0.1) is 0 Å². The number of amides is 1. The number of quaternary nitrogens is 1. The van der Waals surface area contributed by atoms with Crippen LogP contribution in [0.25, 0.3) is 0 Å². The van der Waals surface area contributed by atoms with Gasteiger partial charge < -0.3 is 19.4 Å². The van der Waals surface area contributed by atoms with Gasteiger partial charge in [0, 0.05) is 12.8 Å². The summed E-state index contributed by atoms with van der Waals surface area (Å²) in [6.07, 6.45) is 82.1. The van der Waals surface area contributed by atoms with Crippen LogP contribution < -0.4 is 5.32 Å². The lowest BCUT2D eigenvalue weighted by molar-refractivity contribution is -0.870. The first-order valence-corrected chi connectivity index (χ1v) is 36.8. The van der Waals surface area contributed by atoms with E-state index in [0.717, 1.165) is 77.0 Å². The average Bonchev–Trinajstić information content (AvgIpc) is 3.52. The topological polar surface area (TPSA) is 111 Å². The van der Waals surface area contributed by atoms with Gasteiger partial charge in [-0.1, -0.05) is 287 Å². The molecule has 83 heavy (non-hydrogen) atoms. The van der Waals surface area contributed by atoms with Gasteiger partial charge in [-0.2, -0.15) is 0 Å². The molecule has 0 radical (unpaired) electrons. The fourth-order valence-electron chi connectivity index (χ4n) is 10.2. The van der Waals surface area contributed by atoms with Crippen LogP contribution in [0.15, 0.2) is 72.9 Å². The molecule has 484 valence electrons. The van der Waals surface area contributed by atoms with Gasteiger partial charge in [-0.25, -0.2) is 4.57 Å². The van der Waals surface area contributed by atoms with Crippen molar-refractivity contribution in [3.8, 4) is 0 Å². The van der Waals surface area contributed by atoms with Crippen molar-refractivity contribution >= 4 is 19.7 Å². The maximum Gasteiger partial charge on any atom is 0.472 e. The lowest BCUT2D eigenvalue weighted by Gasteiger charge is -2.27. The molecule has 9 nitrogen and oxygen atoms in total. The third-order valence-electron chi connectivity index (χ3n) is 15.6. The Bertz CT molecular complexity index is 1650. The van der Waals surface area contributed by atoms with E-state index in [1.54, 1.807) is 0 Å². The van der Waals surface area contributed by atoms with Crippen molar-refractivity contribution in [1.29, 1.82) is 0 Å². The first-order chi connectivity index (χ1) is 40.4. The van der Waals surface area contributed by atoms with Crippen molar-refractivity contribution in [3.63, 3.8) is 0 Å². The summed E-state index contributed by atoms with van der Waals surface area (Å²) < 4.78 is 30.8. The van der Waals surface area contributed by atoms with E-state index in [-0.39, 0.29) is 31.5 Å². The summed E-state index contributed by atoms with van der Waals surface area (Å²) in [6.45, 7) is 6.98. The highest BCUT2D eigenvalue weighted by atomic mass is 31.2. The summed E-state index contributed by atoms with van der Waals surface area (Å²) in [6, 6.07) is -0.867. The summed E-state index contributed by atoms with van der Waals surface area (Å²) in [5.41, 5.74) is 0. The second kappa shape index (κ2) is 62.5. The molecule has 3 unspecified atom stereocenters. The van der Waals surface area contributed by atoms with Crippen LogP contribution in [-0.2, 0) is 27.9 Å². The van der Waals surface area contributed by atoms with Gasteiger partial charge in [0.05, 0.1) is 33.8 Å². The van der Waals surface area contributed by atoms with Crippen molar-refractivity contribution in [2.75, 3.05) is 40.9 Å². The fraction of sp³-hybridized carbons (Fsp3) is 0.808. The van der Waals surface area contributed by atoms with Crippen molar-refractivity contribution in [1.82, 2.24) is 5.32 Å². The highest BCUT2D eigenvalue weighted by molar-refractivity contribution is 7.47. The van der Waals surface area contributed by atoms with Gasteiger partial charge in [-0.3, -0.25) is 18.6 Å². The zero-order chi connectivity index (χ0) is 60.7. The Hall–Kier alpha value is -2.55. The third-order valence-corrected chi connectivity index (χ3v) is 16.6. The first-order valence-electron chi connectivity index (χ1n) is 35.3. The van der Waals surface area contributed by atoms with Crippen molar-refractivity contribution in [2.45, 2.75) is 341 Å². The van der Waals surface area contributed by atoms with Gasteiger partial charge in [0.15, 0.2) is 0 Å². The van der Waals surface area contributed by atoms with Gasteiger partial charge in [0.25, 0.3) is 0 Å². The van der Waals surface area contributed by atoms with Crippen LogP contribution >= 0.6 is 7.82 Å². The standard InChI is InChI=1S/C73H135N2O7P/c1-7-10-13-16-19-22-25-27-29-31-33-34-35-36-37-38-39-40-42-44-46-48-51-54-57-60-63-66-73(77)82-71(64-61-58-55-52-49-24-21-18-15-12-9-3)70(69-81-83(78,79)80-68-67-75(4,5)6)74-72(76)65-62-59-56-53-50-47-45-43-41-32-30-28-26-23-20-17-14-11-8-2/h20,23,27-30,41,43,47,50,61,64,70-71H,7-19,21-22,24-26,31-40,42,44-46,48-49,51-60,62-63,65-69H2,1-6H3,(H-,74,76,78,79)/p+1/b23-20-,29-27+,30-28-,43-41-,50-47-,64-61-. The number of allylic oxidation sites excluding steroid dienone is 11. The van der Waals surface area contributed by atoms with Crippen LogP contribution in [0.5, 0.6) is 0 Å².